The van der Waals surface area contributed by atoms with Gasteiger partial charge in [0.25, 0.3) is 0 Å². The minimum Gasteiger partial charge on any atom is -0.333 e. The van der Waals surface area contributed by atoms with E-state index in [1.807, 2.05) is 66.7 Å². The summed E-state index contributed by atoms with van der Waals surface area (Å²) in [5.74, 6) is 0. The van der Waals surface area contributed by atoms with Crippen molar-refractivity contribution >= 4 is 17.4 Å². The molecule has 2 amide bonds. The Bertz CT molecular complexity index is 844. The van der Waals surface area contributed by atoms with Gasteiger partial charge in [-0.25, -0.2) is 4.79 Å². The topological polar surface area (TPSA) is 35.6 Å². The largest absolute Gasteiger partial charge is 0.333 e. The van der Waals surface area contributed by atoms with Crippen molar-refractivity contribution in [1.29, 1.82) is 0 Å². The zero-order valence-corrected chi connectivity index (χ0v) is 15.9. The summed E-state index contributed by atoms with van der Waals surface area (Å²) in [7, 11) is 0. The first kappa shape index (κ1) is 18.3. The average Bonchev–Trinajstić information content (AvgIpc) is 3.17. The number of likely N-dealkylation sites (tertiary alicyclic amines) is 1. The van der Waals surface area contributed by atoms with Crippen molar-refractivity contribution in [3.8, 4) is 0 Å². The van der Waals surface area contributed by atoms with Crippen LogP contribution in [0, 0.1) is 0 Å². The van der Waals surface area contributed by atoms with Gasteiger partial charge >= 0.3 is 6.03 Å². The first-order valence-corrected chi connectivity index (χ1v) is 9.76. The van der Waals surface area contributed by atoms with Gasteiger partial charge in [-0.2, -0.15) is 0 Å². The summed E-state index contributed by atoms with van der Waals surface area (Å²) in [5.41, 5.74) is 3.04. The lowest BCUT2D eigenvalue weighted by Gasteiger charge is -2.25. The molecule has 3 aromatic rings. The first-order chi connectivity index (χ1) is 13.8. The lowest BCUT2D eigenvalue weighted by atomic mass is 10.2. The van der Waals surface area contributed by atoms with Crippen molar-refractivity contribution in [1.82, 2.24) is 10.2 Å². The number of urea groups is 1. The Balaban J connectivity index is 1.44. The molecule has 1 heterocycles. The number of benzene rings is 3. The highest BCUT2D eigenvalue weighted by molar-refractivity contribution is 5.99. The van der Waals surface area contributed by atoms with Gasteiger partial charge in [-0.3, -0.25) is 9.80 Å². The second kappa shape index (κ2) is 8.72. The van der Waals surface area contributed by atoms with Gasteiger partial charge in [0.05, 0.1) is 11.4 Å². The van der Waals surface area contributed by atoms with Crippen molar-refractivity contribution in [3.63, 3.8) is 0 Å². The molecule has 0 saturated carbocycles. The Kier molecular flexibility index (Phi) is 5.69. The number of rotatable bonds is 5. The molecule has 1 aliphatic heterocycles. The van der Waals surface area contributed by atoms with Crippen LogP contribution < -0.4 is 10.2 Å². The maximum atomic E-state index is 13.2. The number of hydrogen-bond acceptors (Lipinski definition) is 2. The SMILES string of the molecule is O=C(N[C@H]1CCN(Cc2ccccc2)C1)N(c1ccccc1)c1ccccc1. The summed E-state index contributed by atoms with van der Waals surface area (Å²) in [4.78, 5) is 17.3. The maximum Gasteiger partial charge on any atom is 0.326 e. The Hall–Kier alpha value is -3.11. The zero-order valence-electron chi connectivity index (χ0n) is 15.9. The second-order valence-electron chi connectivity index (χ2n) is 7.16. The molecule has 1 atom stereocenters. The Morgan fingerprint density at radius 3 is 1.96 bits per heavy atom. The van der Waals surface area contributed by atoms with E-state index in [9.17, 15) is 4.79 Å². The fraction of sp³-hybridized carbons (Fsp3) is 0.208. The van der Waals surface area contributed by atoms with Crippen LogP contribution >= 0.6 is 0 Å². The van der Waals surface area contributed by atoms with E-state index >= 15 is 0 Å². The second-order valence-corrected chi connectivity index (χ2v) is 7.16. The summed E-state index contributed by atoms with van der Waals surface area (Å²) in [6, 6.07) is 30.1. The number of anilines is 2. The van der Waals surface area contributed by atoms with E-state index in [1.54, 1.807) is 4.90 Å². The highest BCUT2D eigenvalue weighted by Gasteiger charge is 2.26. The van der Waals surface area contributed by atoms with Crippen LogP contribution in [0.4, 0.5) is 16.2 Å². The fourth-order valence-electron chi connectivity index (χ4n) is 3.71. The first-order valence-electron chi connectivity index (χ1n) is 9.76. The molecule has 1 saturated heterocycles. The van der Waals surface area contributed by atoms with Gasteiger partial charge in [0.1, 0.15) is 0 Å². The van der Waals surface area contributed by atoms with Gasteiger partial charge in [-0.1, -0.05) is 66.7 Å². The number of carbonyl (C=O) groups is 1. The molecule has 0 unspecified atom stereocenters. The number of nitrogens with zero attached hydrogens (tertiary/aromatic N) is 2. The van der Waals surface area contributed by atoms with Gasteiger partial charge < -0.3 is 5.32 Å². The van der Waals surface area contributed by atoms with E-state index in [4.69, 9.17) is 0 Å². The highest BCUT2D eigenvalue weighted by Crippen LogP contribution is 2.25. The van der Waals surface area contributed by atoms with E-state index < -0.39 is 0 Å². The number of para-hydroxylation sites is 2. The molecule has 142 valence electrons. The summed E-state index contributed by atoms with van der Waals surface area (Å²) in [6.45, 7) is 2.79. The van der Waals surface area contributed by atoms with E-state index in [2.05, 4.69) is 34.5 Å². The molecule has 4 rings (SSSR count). The van der Waals surface area contributed by atoms with Gasteiger partial charge in [-0.05, 0) is 36.2 Å². The van der Waals surface area contributed by atoms with E-state index in [1.165, 1.54) is 5.56 Å². The molecule has 0 radical (unpaired) electrons. The lowest BCUT2D eigenvalue weighted by molar-refractivity contribution is 0.243. The summed E-state index contributed by atoms with van der Waals surface area (Å²) in [5, 5.41) is 3.24. The molecule has 1 aliphatic rings. The summed E-state index contributed by atoms with van der Waals surface area (Å²) in [6.07, 6.45) is 0.968. The maximum absolute atomic E-state index is 13.2. The third-order valence-electron chi connectivity index (χ3n) is 5.08. The molecule has 0 aliphatic carbocycles. The highest BCUT2D eigenvalue weighted by atomic mass is 16.2. The molecular formula is C24H25N3O. The number of hydrogen-bond donors (Lipinski definition) is 1. The van der Waals surface area contributed by atoms with Crippen molar-refractivity contribution in [2.24, 2.45) is 0 Å². The van der Waals surface area contributed by atoms with Crippen LogP contribution in [0.15, 0.2) is 91.0 Å². The van der Waals surface area contributed by atoms with Crippen LogP contribution in [0.5, 0.6) is 0 Å². The standard InChI is InChI=1S/C24H25N3O/c28-24(25-21-16-17-26(19-21)18-20-10-4-1-5-11-20)27(22-12-6-2-7-13-22)23-14-8-3-9-15-23/h1-15,21H,16-19H2,(H,25,28)/t21-/m0/s1. The minimum absolute atomic E-state index is 0.0797. The molecule has 4 nitrogen and oxygen atoms in total. The third-order valence-corrected chi connectivity index (χ3v) is 5.08. The quantitative estimate of drug-likeness (QED) is 0.699. The van der Waals surface area contributed by atoms with Crippen molar-refractivity contribution < 1.29 is 4.79 Å². The molecule has 1 fully saturated rings. The van der Waals surface area contributed by atoms with Crippen molar-refractivity contribution in [2.45, 2.75) is 19.0 Å². The molecular weight excluding hydrogens is 346 g/mol. The average molecular weight is 371 g/mol. The van der Waals surface area contributed by atoms with Crippen molar-refractivity contribution in [3.05, 3.63) is 96.6 Å². The molecule has 4 heteroatoms. The Morgan fingerprint density at radius 2 is 1.39 bits per heavy atom. The molecule has 3 aromatic carbocycles. The van der Waals surface area contributed by atoms with Gasteiger partial charge in [0.15, 0.2) is 0 Å². The zero-order chi connectivity index (χ0) is 19.2. The normalized spacial score (nSPS) is 16.6. The van der Waals surface area contributed by atoms with Crippen LogP contribution in [-0.2, 0) is 6.54 Å². The van der Waals surface area contributed by atoms with Crippen LogP contribution in [0.2, 0.25) is 0 Å². The van der Waals surface area contributed by atoms with Crippen LogP contribution in [0.25, 0.3) is 0 Å². The van der Waals surface area contributed by atoms with Crippen LogP contribution in [0.3, 0.4) is 0 Å². The lowest BCUT2D eigenvalue weighted by Crippen LogP contribution is -2.44. The van der Waals surface area contributed by atoms with Crippen LogP contribution in [0.1, 0.15) is 12.0 Å². The van der Waals surface area contributed by atoms with Gasteiger partial charge in [0.2, 0.25) is 0 Å². The van der Waals surface area contributed by atoms with Gasteiger partial charge in [-0.15, -0.1) is 0 Å². The van der Waals surface area contributed by atoms with E-state index in [0.717, 1.165) is 37.4 Å². The molecule has 1 N–H and O–H groups in total. The molecule has 0 aromatic heterocycles. The molecule has 0 bridgehead atoms. The number of amides is 2. The van der Waals surface area contributed by atoms with Crippen LogP contribution in [-0.4, -0.2) is 30.1 Å². The predicted octanol–water partition coefficient (Wildman–Crippen LogP) is 4.81. The summed E-state index contributed by atoms with van der Waals surface area (Å²) >= 11 is 0. The van der Waals surface area contributed by atoms with E-state index in [0.29, 0.717) is 0 Å². The van der Waals surface area contributed by atoms with E-state index in [-0.39, 0.29) is 12.1 Å². The van der Waals surface area contributed by atoms with Gasteiger partial charge in [0, 0.05) is 25.7 Å². The monoisotopic (exact) mass is 371 g/mol. The smallest absolute Gasteiger partial charge is 0.326 e. The van der Waals surface area contributed by atoms with Crippen molar-refractivity contribution in [2.75, 3.05) is 18.0 Å². The number of nitrogens with one attached hydrogen (secondary N) is 1. The minimum atomic E-state index is -0.0797. The Labute approximate surface area is 166 Å². The summed E-state index contributed by atoms with van der Waals surface area (Å²) < 4.78 is 0. The Morgan fingerprint density at radius 1 is 0.857 bits per heavy atom. The third kappa shape index (κ3) is 4.41. The molecule has 0 spiro atoms. The fourth-order valence-corrected chi connectivity index (χ4v) is 3.71. The number of carbonyl (C=O) groups excluding carboxylic acids is 1. The molecule has 28 heavy (non-hydrogen) atoms. The predicted molar refractivity (Wildman–Crippen MR) is 114 cm³/mol.